The number of nitrogens with two attached hydrogens (primary N) is 1. The van der Waals surface area contributed by atoms with Crippen molar-refractivity contribution in [1.82, 2.24) is 0 Å². The number of aliphatic hydroxyl groups excluding tert-OH is 2. The first kappa shape index (κ1) is 26.7. The zero-order chi connectivity index (χ0) is 30.9. The SMILES string of the molecule is CN1CN(C)c2c3ccccc3c(C3C(O)C(c4c5cccc6c5c(c5cccc(N)c45)N(C)CN6C)C3O)c3cccc1c23. The molecule has 2 heterocycles. The van der Waals surface area contributed by atoms with E-state index in [1.54, 1.807) is 0 Å². The van der Waals surface area contributed by atoms with Crippen LogP contribution in [0.2, 0.25) is 0 Å². The van der Waals surface area contributed by atoms with Crippen molar-refractivity contribution in [3.8, 4) is 0 Å². The zero-order valence-corrected chi connectivity index (χ0v) is 26.0. The highest BCUT2D eigenvalue weighted by Crippen LogP contribution is 2.58. The lowest BCUT2D eigenvalue weighted by Gasteiger charge is -2.49. The van der Waals surface area contributed by atoms with E-state index >= 15 is 0 Å². The minimum Gasteiger partial charge on any atom is -0.398 e. The summed E-state index contributed by atoms with van der Waals surface area (Å²) in [4.78, 5) is 9.09. The molecule has 226 valence electrons. The molecular weight excluding hydrogens is 558 g/mol. The van der Waals surface area contributed by atoms with Crippen LogP contribution in [0.15, 0.2) is 78.9 Å². The summed E-state index contributed by atoms with van der Waals surface area (Å²) in [5, 5.41) is 33.4. The molecule has 45 heavy (non-hydrogen) atoms. The van der Waals surface area contributed by atoms with E-state index in [1.807, 2.05) is 12.1 Å². The third-order valence-electron chi connectivity index (χ3n) is 10.8. The lowest BCUT2D eigenvalue weighted by Crippen LogP contribution is -2.52. The normalized spacial score (nSPS) is 22.6. The Balaban J connectivity index is 1.31. The second kappa shape index (κ2) is 9.16. The lowest BCUT2D eigenvalue weighted by atomic mass is 9.60. The maximum absolute atomic E-state index is 12.4. The van der Waals surface area contributed by atoms with Gasteiger partial charge in [0.15, 0.2) is 0 Å². The van der Waals surface area contributed by atoms with Crippen molar-refractivity contribution in [2.45, 2.75) is 24.0 Å². The molecule has 3 aliphatic rings. The summed E-state index contributed by atoms with van der Waals surface area (Å²) in [6, 6.07) is 27.3. The van der Waals surface area contributed by atoms with Crippen molar-refractivity contribution in [2.24, 2.45) is 0 Å². The van der Waals surface area contributed by atoms with Crippen molar-refractivity contribution < 1.29 is 10.2 Å². The summed E-state index contributed by atoms with van der Waals surface area (Å²) in [6.45, 7) is 1.55. The minimum absolute atomic E-state index is 0.460. The maximum atomic E-state index is 12.4. The van der Waals surface area contributed by atoms with Gasteiger partial charge in [0, 0.05) is 84.0 Å². The van der Waals surface area contributed by atoms with Gasteiger partial charge in [-0.25, -0.2) is 0 Å². The van der Waals surface area contributed by atoms with Crippen molar-refractivity contribution in [2.75, 3.05) is 66.9 Å². The van der Waals surface area contributed by atoms with Gasteiger partial charge in [-0.15, -0.1) is 0 Å². The first-order valence-corrected chi connectivity index (χ1v) is 15.7. The third-order valence-corrected chi connectivity index (χ3v) is 10.8. The quantitative estimate of drug-likeness (QED) is 0.163. The summed E-state index contributed by atoms with van der Waals surface area (Å²) < 4.78 is 0. The molecule has 1 fully saturated rings. The molecular formula is C38H37N5O2. The molecule has 7 nitrogen and oxygen atoms in total. The van der Waals surface area contributed by atoms with Gasteiger partial charge in [-0.05, 0) is 45.5 Å². The van der Waals surface area contributed by atoms with E-state index in [4.69, 9.17) is 5.73 Å². The zero-order valence-electron chi connectivity index (χ0n) is 26.0. The summed E-state index contributed by atoms with van der Waals surface area (Å²) in [6.07, 6.45) is -1.61. The van der Waals surface area contributed by atoms with Crippen molar-refractivity contribution in [3.63, 3.8) is 0 Å². The average Bonchev–Trinajstić information content (AvgIpc) is 3.03. The molecule has 0 saturated heterocycles. The van der Waals surface area contributed by atoms with Crippen LogP contribution in [0.1, 0.15) is 23.0 Å². The highest BCUT2D eigenvalue weighted by atomic mass is 16.3. The Hall–Kier alpha value is -4.72. The van der Waals surface area contributed by atoms with Crippen LogP contribution in [-0.2, 0) is 0 Å². The standard InChI is InChI=1S/C38H37N5O2/c1-40-18-42(3)35-21-11-6-5-10-20(21)28(22-12-8-16-26(40)30(22)35)33-37(44)34(38(33)45)32-23-13-9-17-27-31(23)36(43(4)19-41(27)2)24-14-7-15-25(39)29(24)32/h5-17,33-34,37-38,44-45H,18-19,39H2,1-4H3. The number of benzene rings is 6. The van der Waals surface area contributed by atoms with Gasteiger partial charge in [-0.2, -0.15) is 0 Å². The molecule has 2 unspecified atom stereocenters. The summed E-state index contributed by atoms with van der Waals surface area (Å²) in [7, 11) is 8.48. The van der Waals surface area contributed by atoms with Gasteiger partial charge >= 0.3 is 0 Å². The molecule has 0 radical (unpaired) electrons. The molecule has 1 aliphatic carbocycles. The highest BCUT2D eigenvalue weighted by molar-refractivity contribution is 6.22. The fraction of sp³-hybridized carbons (Fsp3) is 0.263. The smallest absolute Gasteiger partial charge is 0.0897 e. The van der Waals surface area contributed by atoms with Gasteiger partial charge in [0.1, 0.15) is 0 Å². The topological polar surface area (TPSA) is 79.4 Å². The number of rotatable bonds is 2. The van der Waals surface area contributed by atoms with Crippen molar-refractivity contribution in [1.29, 1.82) is 0 Å². The number of anilines is 5. The van der Waals surface area contributed by atoms with E-state index in [9.17, 15) is 10.2 Å². The summed E-state index contributed by atoms with van der Waals surface area (Å²) >= 11 is 0. The van der Waals surface area contributed by atoms with E-state index in [1.165, 1.54) is 16.8 Å². The number of fused-ring (bicyclic) bond motifs is 4. The van der Waals surface area contributed by atoms with E-state index < -0.39 is 24.0 Å². The maximum Gasteiger partial charge on any atom is 0.0897 e. The lowest BCUT2D eigenvalue weighted by molar-refractivity contribution is -0.0765. The van der Waals surface area contributed by atoms with Crippen LogP contribution in [0.4, 0.5) is 28.4 Å². The number of hydrogen-bond donors (Lipinski definition) is 3. The van der Waals surface area contributed by atoms with Crippen LogP contribution < -0.4 is 25.3 Å². The minimum atomic E-state index is -0.807. The molecule has 6 aromatic carbocycles. The Labute approximate surface area is 262 Å². The van der Waals surface area contributed by atoms with E-state index in [0.29, 0.717) is 5.69 Å². The second-order valence-electron chi connectivity index (χ2n) is 13.3. The van der Waals surface area contributed by atoms with Gasteiger partial charge in [-0.1, -0.05) is 60.7 Å². The predicted octanol–water partition coefficient (Wildman–Crippen LogP) is 6.17. The third kappa shape index (κ3) is 3.32. The van der Waals surface area contributed by atoms with Gasteiger partial charge in [0.05, 0.1) is 36.9 Å². The summed E-state index contributed by atoms with van der Waals surface area (Å²) in [5.74, 6) is -0.961. The second-order valence-corrected chi connectivity index (χ2v) is 13.3. The van der Waals surface area contributed by atoms with Crippen LogP contribution in [-0.4, -0.2) is 63.9 Å². The van der Waals surface area contributed by atoms with Crippen LogP contribution in [0.25, 0.3) is 43.1 Å². The van der Waals surface area contributed by atoms with Crippen LogP contribution >= 0.6 is 0 Å². The van der Waals surface area contributed by atoms with Gasteiger partial charge in [0.2, 0.25) is 0 Å². The molecule has 0 bridgehead atoms. The highest BCUT2D eigenvalue weighted by Gasteiger charge is 2.53. The van der Waals surface area contributed by atoms with Crippen molar-refractivity contribution >= 4 is 71.5 Å². The van der Waals surface area contributed by atoms with Crippen molar-refractivity contribution in [3.05, 3.63) is 90.0 Å². The Morgan fingerprint density at radius 3 is 1.60 bits per heavy atom. The van der Waals surface area contributed by atoms with E-state index in [0.717, 1.165) is 73.5 Å². The van der Waals surface area contributed by atoms with Gasteiger partial charge in [0.25, 0.3) is 0 Å². The fourth-order valence-electron chi connectivity index (χ4n) is 9.02. The Morgan fingerprint density at radius 2 is 0.978 bits per heavy atom. The molecule has 2 aliphatic heterocycles. The molecule has 4 N–H and O–H groups in total. The molecule has 0 spiro atoms. The van der Waals surface area contributed by atoms with Crippen LogP contribution in [0, 0.1) is 0 Å². The van der Waals surface area contributed by atoms with Crippen LogP contribution in [0.5, 0.6) is 0 Å². The van der Waals surface area contributed by atoms with Gasteiger partial charge in [-0.3, -0.25) is 0 Å². The molecule has 0 amide bonds. The monoisotopic (exact) mass is 595 g/mol. The number of nitrogen functional groups attached to an aromatic ring is 1. The number of aliphatic hydroxyl groups is 2. The molecule has 1 saturated carbocycles. The number of nitrogens with zero attached hydrogens (tertiary/aromatic N) is 4. The Kier molecular flexibility index (Phi) is 5.43. The average molecular weight is 596 g/mol. The molecule has 0 aromatic heterocycles. The van der Waals surface area contributed by atoms with Gasteiger partial charge < -0.3 is 35.5 Å². The first-order valence-electron chi connectivity index (χ1n) is 15.7. The number of hydrogen-bond acceptors (Lipinski definition) is 7. The molecule has 9 rings (SSSR count). The Morgan fingerprint density at radius 1 is 0.511 bits per heavy atom. The van der Waals surface area contributed by atoms with Crippen LogP contribution in [0.3, 0.4) is 0 Å². The summed E-state index contributed by atoms with van der Waals surface area (Å²) in [5.41, 5.74) is 14.1. The molecule has 6 aromatic rings. The van der Waals surface area contributed by atoms with E-state index in [-0.39, 0.29) is 0 Å². The largest absolute Gasteiger partial charge is 0.398 e. The Bertz CT molecular complexity index is 2220. The first-order chi connectivity index (χ1) is 21.8. The molecule has 7 heteroatoms. The van der Waals surface area contributed by atoms with E-state index in [2.05, 4.69) is 115 Å². The molecule has 2 atom stereocenters. The fourth-order valence-corrected chi connectivity index (χ4v) is 9.02. The predicted molar refractivity (Wildman–Crippen MR) is 188 cm³/mol.